The molecule has 21 heavy (non-hydrogen) atoms. The number of alkyl carbamates (subject to hydrolysis) is 1. The summed E-state index contributed by atoms with van der Waals surface area (Å²) in [5, 5.41) is 10.7. The molecule has 0 spiro atoms. The maximum absolute atomic E-state index is 11.9. The van der Waals surface area contributed by atoms with Gasteiger partial charge in [-0.1, -0.05) is 0 Å². The Balaban J connectivity index is 2.05. The van der Waals surface area contributed by atoms with Gasteiger partial charge in [0.2, 0.25) is 0 Å². The number of nitrogens with zero attached hydrogens (tertiary/aromatic N) is 2. The predicted octanol–water partition coefficient (Wildman–Crippen LogP) is 2.25. The number of halogens is 1. The Hall–Kier alpha value is -1.08. The number of piperidine rings is 1. The van der Waals surface area contributed by atoms with Gasteiger partial charge in [0.25, 0.3) is 0 Å². The average Bonchev–Trinajstić information content (AvgIpc) is 2.83. The van der Waals surface area contributed by atoms with E-state index in [0.717, 1.165) is 30.4 Å². The van der Waals surface area contributed by atoms with Crippen LogP contribution >= 0.6 is 15.9 Å². The number of aromatic nitrogens is 2. The molecule has 0 atom stereocenters. The molecule has 0 aromatic carbocycles. The zero-order chi connectivity index (χ0) is 15.5. The monoisotopic (exact) mass is 358 g/mol. The van der Waals surface area contributed by atoms with E-state index in [1.165, 1.54) is 0 Å². The molecule has 0 unspecified atom stereocenters. The molecule has 1 saturated heterocycles. The van der Waals surface area contributed by atoms with Crippen molar-refractivity contribution in [3.05, 3.63) is 16.9 Å². The van der Waals surface area contributed by atoms with Gasteiger partial charge < -0.3 is 15.4 Å². The summed E-state index contributed by atoms with van der Waals surface area (Å²) in [5.41, 5.74) is -0.686. The largest absolute Gasteiger partial charge is 0.444 e. The Labute approximate surface area is 133 Å². The lowest BCUT2D eigenvalue weighted by Crippen LogP contribution is -2.52. The summed E-state index contributed by atoms with van der Waals surface area (Å²) in [6.07, 6.45) is 5.18. The lowest BCUT2D eigenvalue weighted by atomic mass is 9.88. The summed E-state index contributed by atoms with van der Waals surface area (Å²) in [7, 11) is 0. The third-order valence-corrected chi connectivity index (χ3v) is 3.94. The SMILES string of the molecule is CC(C)(C)OC(=O)NCC1(n2cc(Br)cn2)CCNCC1. The van der Waals surface area contributed by atoms with Gasteiger partial charge in [-0.2, -0.15) is 5.10 Å². The minimum atomic E-state index is -0.486. The summed E-state index contributed by atoms with van der Waals surface area (Å²) >= 11 is 3.43. The minimum Gasteiger partial charge on any atom is -0.444 e. The number of carbonyl (C=O) groups is 1. The van der Waals surface area contributed by atoms with Crippen LogP contribution in [-0.4, -0.2) is 41.1 Å². The maximum Gasteiger partial charge on any atom is 0.407 e. The molecule has 0 radical (unpaired) electrons. The summed E-state index contributed by atoms with van der Waals surface area (Å²) < 4.78 is 8.21. The first kappa shape index (κ1) is 16.3. The zero-order valence-electron chi connectivity index (χ0n) is 12.8. The van der Waals surface area contributed by atoms with Crippen molar-refractivity contribution in [1.29, 1.82) is 0 Å². The standard InChI is InChI=1S/C14H23BrN4O2/c1-13(2,3)21-12(20)17-10-14(4-6-16-7-5-14)19-9-11(15)8-18-19/h8-9,16H,4-7,10H2,1-3H3,(H,17,20). The van der Waals surface area contributed by atoms with Crippen LogP contribution in [0.3, 0.4) is 0 Å². The number of rotatable bonds is 3. The van der Waals surface area contributed by atoms with E-state index in [-0.39, 0.29) is 11.6 Å². The van der Waals surface area contributed by atoms with Gasteiger partial charge >= 0.3 is 6.09 Å². The Morgan fingerprint density at radius 2 is 2.19 bits per heavy atom. The van der Waals surface area contributed by atoms with Crippen LogP contribution < -0.4 is 10.6 Å². The zero-order valence-corrected chi connectivity index (χ0v) is 14.4. The van der Waals surface area contributed by atoms with E-state index in [2.05, 4.69) is 31.7 Å². The second-order valence-corrected chi connectivity index (χ2v) is 7.35. The van der Waals surface area contributed by atoms with Gasteiger partial charge in [-0.3, -0.25) is 4.68 Å². The first-order valence-electron chi connectivity index (χ1n) is 7.19. The van der Waals surface area contributed by atoms with Crippen molar-refractivity contribution in [1.82, 2.24) is 20.4 Å². The molecule has 1 aromatic rings. The van der Waals surface area contributed by atoms with E-state index < -0.39 is 5.60 Å². The number of amides is 1. The molecule has 1 aliphatic heterocycles. The Bertz CT molecular complexity index is 489. The molecule has 0 bridgehead atoms. The summed E-state index contributed by atoms with van der Waals surface area (Å²) in [6.45, 7) is 7.91. The van der Waals surface area contributed by atoms with Crippen molar-refractivity contribution in [3.8, 4) is 0 Å². The number of hydrogen-bond donors (Lipinski definition) is 2. The van der Waals surface area contributed by atoms with E-state index in [4.69, 9.17) is 4.74 Å². The molecule has 1 amide bonds. The van der Waals surface area contributed by atoms with Gasteiger partial charge in [0.15, 0.2) is 0 Å². The number of carbonyl (C=O) groups excluding carboxylic acids is 1. The van der Waals surface area contributed by atoms with Crippen molar-refractivity contribution in [2.75, 3.05) is 19.6 Å². The number of nitrogens with one attached hydrogen (secondary N) is 2. The molecule has 7 heteroatoms. The van der Waals surface area contributed by atoms with Crippen LogP contribution in [0.5, 0.6) is 0 Å². The highest BCUT2D eigenvalue weighted by molar-refractivity contribution is 9.10. The van der Waals surface area contributed by atoms with Crippen molar-refractivity contribution in [2.45, 2.75) is 44.8 Å². The minimum absolute atomic E-state index is 0.200. The quantitative estimate of drug-likeness (QED) is 0.869. The molecule has 1 aromatic heterocycles. The van der Waals surface area contributed by atoms with Crippen LogP contribution in [0.4, 0.5) is 4.79 Å². The van der Waals surface area contributed by atoms with E-state index in [1.54, 1.807) is 6.20 Å². The molecular weight excluding hydrogens is 336 g/mol. The van der Waals surface area contributed by atoms with Crippen LogP contribution in [0.1, 0.15) is 33.6 Å². The van der Waals surface area contributed by atoms with Crippen LogP contribution in [-0.2, 0) is 10.3 Å². The highest BCUT2D eigenvalue weighted by atomic mass is 79.9. The smallest absolute Gasteiger partial charge is 0.407 e. The van der Waals surface area contributed by atoms with Gasteiger partial charge in [0, 0.05) is 12.7 Å². The van der Waals surface area contributed by atoms with Crippen LogP contribution in [0.15, 0.2) is 16.9 Å². The molecule has 2 rings (SSSR count). The second-order valence-electron chi connectivity index (χ2n) is 6.43. The van der Waals surface area contributed by atoms with E-state index in [0.29, 0.717) is 6.54 Å². The fourth-order valence-corrected chi connectivity index (χ4v) is 2.78. The Morgan fingerprint density at radius 3 is 2.71 bits per heavy atom. The van der Waals surface area contributed by atoms with Gasteiger partial charge in [-0.25, -0.2) is 4.79 Å². The summed E-state index contributed by atoms with van der Waals surface area (Å²) in [4.78, 5) is 11.9. The van der Waals surface area contributed by atoms with Gasteiger partial charge in [-0.05, 0) is 62.6 Å². The molecule has 0 aliphatic carbocycles. The fourth-order valence-electron chi connectivity index (χ4n) is 2.49. The lowest BCUT2D eigenvalue weighted by molar-refractivity contribution is 0.0485. The van der Waals surface area contributed by atoms with Crippen LogP contribution in [0, 0.1) is 0 Å². The third kappa shape index (κ3) is 4.44. The molecule has 2 heterocycles. The molecule has 6 nitrogen and oxygen atoms in total. The van der Waals surface area contributed by atoms with Crippen molar-refractivity contribution in [2.24, 2.45) is 0 Å². The van der Waals surface area contributed by atoms with Crippen LogP contribution in [0.25, 0.3) is 0 Å². The van der Waals surface area contributed by atoms with E-state index in [1.807, 2.05) is 31.6 Å². The second kappa shape index (κ2) is 6.36. The summed E-state index contributed by atoms with van der Waals surface area (Å²) in [6, 6.07) is 0. The topological polar surface area (TPSA) is 68.2 Å². The average molecular weight is 359 g/mol. The number of hydrogen-bond acceptors (Lipinski definition) is 4. The van der Waals surface area contributed by atoms with Gasteiger partial charge in [-0.15, -0.1) is 0 Å². The molecule has 0 saturated carbocycles. The normalized spacial score (nSPS) is 18.3. The predicted molar refractivity (Wildman–Crippen MR) is 84.2 cm³/mol. The summed E-state index contributed by atoms with van der Waals surface area (Å²) in [5.74, 6) is 0. The van der Waals surface area contributed by atoms with Gasteiger partial charge in [0.05, 0.1) is 16.2 Å². The van der Waals surface area contributed by atoms with E-state index in [9.17, 15) is 4.79 Å². The van der Waals surface area contributed by atoms with Crippen molar-refractivity contribution >= 4 is 22.0 Å². The number of ether oxygens (including phenoxy) is 1. The maximum atomic E-state index is 11.9. The lowest BCUT2D eigenvalue weighted by Gasteiger charge is -2.38. The molecular formula is C14H23BrN4O2. The first-order valence-corrected chi connectivity index (χ1v) is 7.98. The molecule has 2 N–H and O–H groups in total. The first-order chi connectivity index (χ1) is 9.81. The van der Waals surface area contributed by atoms with Gasteiger partial charge in [0.1, 0.15) is 5.60 Å². The molecule has 1 fully saturated rings. The Kier molecular flexibility index (Phi) is 4.93. The molecule has 1 aliphatic rings. The fraction of sp³-hybridized carbons (Fsp3) is 0.714. The van der Waals surface area contributed by atoms with Crippen molar-refractivity contribution < 1.29 is 9.53 Å². The highest BCUT2D eigenvalue weighted by Gasteiger charge is 2.35. The Morgan fingerprint density at radius 1 is 1.52 bits per heavy atom. The molecule has 118 valence electrons. The van der Waals surface area contributed by atoms with E-state index >= 15 is 0 Å². The van der Waals surface area contributed by atoms with Crippen molar-refractivity contribution in [3.63, 3.8) is 0 Å². The van der Waals surface area contributed by atoms with Crippen LogP contribution in [0.2, 0.25) is 0 Å². The highest BCUT2D eigenvalue weighted by Crippen LogP contribution is 2.27. The third-order valence-electron chi connectivity index (χ3n) is 3.53.